The molecule has 2 unspecified atom stereocenters. The minimum Gasteiger partial charge on any atom is -0.484 e. The highest BCUT2D eigenvalue weighted by Crippen LogP contribution is 2.18. The highest BCUT2D eigenvalue weighted by molar-refractivity contribution is 6.04. The molecule has 1 heterocycles. The third kappa shape index (κ3) is 6.80. The van der Waals surface area contributed by atoms with Crippen LogP contribution in [0.1, 0.15) is 29.8 Å². The fourth-order valence-electron chi connectivity index (χ4n) is 3.55. The summed E-state index contributed by atoms with van der Waals surface area (Å²) in [5, 5.41) is 2.88. The van der Waals surface area contributed by atoms with Crippen molar-refractivity contribution in [3.8, 4) is 5.75 Å². The van der Waals surface area contributed by atoms with Crippen molar-refractivity contribution >= 4 is 17.5 Å². The third-order valence-electron chi connectivity index (χ3n) is 5.09. The molecule has 1 N–H and O–H groups in total. The van der Waals surface area contributed by atoms with E-state index in [2.05, 4.69) is 24.1 Å². The smallest absolute Gasteiger partial charge is 0.259 e. The first-order chi connectivity index (χ1) is 14.8. The number of morpholine rings is 1. The van der Waals surface area contributed by atoms with Gasteiger partial charge >= 0.3 is 0 Å². The van der Waals surface area contributed by atoms with Crippen LogP contribution in [-0.2, 0) is 16.1 Å². The molecule has 2 aromatic carbocycles. The fraction of sp³-hybridized carbons (Fsp3) is 0.417. The lowest BCUT2D eigenvalue weighted by molar-refractivity contribution is -0.130. The Morgan fingerprint density at radius 1 is 1.03 bits per heavy atom. The van der Waals surface area contributed by atoms with Crippen LogP contribution in [0, 0.1) is 0 Å². The number of ether oxygens (including phenoxy) is 2. The van der Waals surface area contributed by atoms with Crippen LogP contribution in [0.15, 0.2) is 48.5 Å². The van der Waals surface area contributed by atoms with Crippen molar-refractivity contribution in [1.82, 2.24) is 9.80 Å². The van der Waals surface area contributed by atoms with Crippen molar-refractivity contribution in [3.63, 3.8) is 0 Å². The highest BCUT2D eigenvalue weighted by Gasteiger charge is 2.22. The van der Waals surface area contributed by atoms with Gasteiger partial charge in [-0.1, -0.05) is 12.1 Å². The monoisotopic (exact) mass is 425 g/mol. The van der Waals surface area contributed by atoms with Crippen LogP contribution < -0.4 is 10.1 Å². The molecule has 0 aliphatic carbocycles. The van der Waals surface area contributed by atoms with Crippen LogP contribution >= 0.6 is 0 Å². The number of carbonyl (C=O) groups is 2. The SMILES string of the molecule is CC1CN(Cc2ccc(C(=O)Nc3ccc(OCC(=O)N(C)C)cc3)cc2)CC(C)O1. The second-order valence-corrected chi connectivity index (χ2v) is 8.20. The van der Waals surface area contributed by atoms with E-state index in [-0.39, 0.29) is 30.6 Å². The molecule has 31 heavy (non-hydrogen) atoms. The van der Waals surface area contributed by atoms with E-state index in [1.807, 2.05) is 24.3 Å². The molecule has 0 saturated carbocycles. The zero-order valence-electron chi connectivity index (χ0n) is 18.6. The lowest BCUT2D eigenvalue weighted by Crippen LogP contribution is -2.44. The molecule has 7 heteroatoms. The molecule has 0 radical (unpaired) electrons. The summed E-state index contributed by atoms with van der Waals surface area (Å²) < 4.78 is 11.2. The maximum atomic E-state index is 12.6. The highest BCUT2D eigenvalue weighted by atomic mass is 16.5. The molecule has 0 aromatic heterocycles. The maximum Gasteiger partial charge on any atom is 0.259 e. The Labute approximate surface area is 183 Å². The van der Waals surface area contributed by atoms with E-state index in [4.69, 9.17) is 9.47 Å². The number of amides is 2. The summed E-state index contributed by atoms with van der Waals surface area (Å²) in [6.45, 7) is 6.84. The van der Waals surface area contributed by atoms with E-state index in [9.17, 15) is 9.59 Å². The summed E-state index contributed by atoms with van der Waals surface area (Å²) in [7, 11) is 3.36. The molecule has 0 bridgehead atoms. The predicted octanol–water partition coefficient (Wildman–Crippen LogP) is 3.02. The van der Waals surface area contributed by atoms with Gasteiger partial charge in [0.1, 0.15) is 5.75 Å². The van der Waals surface area contributed by atoms with Crippen molar-refractivity contribution in [3.05, 3.63) is 59.7 Å². The Kier molecular flexibility index (Phi) is 7.65. The molecule has 1 fully saturated rings. The van der Waals surface area contributed by atoms with Crippen LogP contribution in [0.3, 0.4) is 0 Å². The fourth-order valence-corrected chi connectivity index (χ4v) is 3.55. The number of hydrogen-bond donors (Lipinski definition) is 1. The van der Waals surface area contributed by atoms with Crippen molar-refractivity contribution < 1.29 is 19.1 Å². The first-order valence-electron chi connectivity index (χ1n) is 10.5. The Hall–Kier alpha value is -2.90. The van der Waals surface area contributed by atoms with Gasteiger partial charge in [-0.3, -0.25) is 14.5 Å². The predicted molar refractivity (Wildman–Crippen MR) is 120 cm³/mol. The second-order valence-electron chi connectivity index (χ2n) is 8.20. The summed E-state index contributed by atoms with van der Waals surface area (Å²) >= 11 is 0. The summed E-state index contributed by atoms with van der Waals surface area (Å²) in [6, 6.07) is 14.7. The van der Waals surface area contributed by atoms with Crippen molar-refractivity contribution in [2.45, 2.75) is 32.6 Å². The molecule has 166 valence electrons. The number of likely N-dealkylation sites (N-methyl/N-ethyl adjacent to an activating group) is 1. The average molecular weight is 426 g/mol. The van der Waals surface area contributed by atoms with E-state index in [1.54, 1.807) is 38.4 Å². The van der Waals surface area contributed by atoms with Crippen LogP contribution in [0.4, 0.5) is 5.69 Å². The number of nitrogens with zero attached hydrogens (tertiary/aromatic N) is 2. The number of rotatable bonds is 7. The van der Waals surface area contributed by atoms with Gasteiger partial charge in [0, 0.05) is 45.0 Å². The lowest BCUT2D eigenvalue weighted by atomic mass is 10.1. The molecule has 1 aliphatic rings. The number of carbonyl (C=O) groups excluding carboxylic acids is 2. The summed E-state index contributed by atoms with van der Waals surface area (Å²) in [5.74, 6) is 0.291. The molecule has 2 aromatic rings. The average Bonchev–Trinajstić information content (AvgIpc) is 2.72. The Morgan fingerprint density at radius 2 is 1.65 bits per heavy atom. The molecule has 1 aliphatic heterocycles. The van der Waals surface area contributed by atoms with E-state index >= 15 is 0 Å². The van der Waals surface area contributed by atoms with Crippen molar-refractivity contribution in [2.75, 3.05) is 39.1 Å². The molecule has 7 nitrogen and oxygen atoms in total. The van der Waals surface area contributed by atoms with E-state index in [0.717, 1.165) is 19.6 Å². The minimum atomic E-state index is -0.170. The summed E-state index contributed by atoms with van der Waals surface area (Å²) in [5.41, 5.74) is 2.44. The molecule has 2 amide bonds. The Morgan fingerprint density at radius 3 is 2.23 bits per heavy atom. The topological polar surface area (TPSA) is 71.1 Å². The summed E-state index contributed by atoms with van der Waals surface area (Å²) in [6.07, 6.45) is 0.470. The van der Waals surface area contributed by atoms with Crippen LogP contribution in [-0.4, -0.2) is 67.6 Å². The molecular formula is C24H31N3O4. The zero-order chi connectivity index (χ0) is 22.4. The number of nitrogens with one attached hydrogen (secondary N) is 1. The first kappa shape index (κ1) is 22.8. The van der Waals surface area contributed by atoms with Crippen LogP contribution in [0.25, 0.3) is 0 Å². The largest absolute Gasteiger partial charge is 0.484 e. The normalized spacial score (nSPS) is 19.0. The number of hydrogen-bond acceptors (Lipinski definition) is 5. The molecular weight excluding hydrogens is 394 g/mol. The van der Waals surface area contributed by atoms with Gasteiger partial charge in [-0.25, -0.2) is 0 Å². The summed E-state index contributed by atoms with van der Waals surface area (Å²) in [4.78, 5) is 28.0. The van der Waals surface area contributed by atoms with E-state index in [0.29, 0.717) is 17.0 Å². The van der Waals surface area contributed by atoms with Crippen LogP contribution in [0.5, 0.6) is 5.75 Å². The van der Waals surface area contributed by atoms with E-state index < -0.39 is 0 Å². The van der Waals surface area contributed by atoms with Gasteiger partial charge in [-0.2, -0.15) is 0 Å². The minimum absolute atomic E-state index is 0.0205. The molecule has 0 spiro atoms. The quantitative estimate of drug-likeness (QED) is 0.738. The lowest BCUT2D eigenvalue weighted by Gasteiger charge is -2.35. The van der Waals surface area contributed by atoms with Gasteiger partial charge < -0.3 is 19.7 Å². The Balaban J connectivity index is 1.51. The van der Waals surface area contributed by atoms with Crippen molar-refractivity contribution in [1.29, 1.82) is 0 Å². The van der Waals surface area contributed by atoms with Crippen LogP contribution in [0.2, 0.25) is 0 Å². The van der Waals surface area contributed by atoms with E-state index in [1.165, 1.54) is 10.5 Å². The third-order valence-corrected chi connectivity index (χ3v) is 5.09. The van der Waals surface area contributed by atoms with Gasteiger partial charge in [-0.15, -0.1) is 0 Å². The van der Waals surface area contributed by atoms with Gasteiger partial charge in [0.25, 0.3) is 11.8 Å². The van der Waals surface area contributed by atoms with Gasteiger partial charge in [0.05, 0.1) is 12.2 Å². The number of anilines is 1. The zero-order valence-corrected chi connectivity index (χ0v) is 18.6. The Bertz CT molecular complexity index is 871. The second kappa shape index (κ2) is 10.4. The molecule has 2 atom stereocenters. The maximum absolute atomic E-state index is 12.6. The standard InChI is InChI=1S/C24H31N3O4/c1-17-13-27(14-18(2)31-17)15-19-5-7-20(8-6-19)24(29)25-21-9-11-22(12-10-21)30-16-23(28)26(3)4/h5-12,17-18H,13-16H2,1-4H3,(H,25,29). The van der Waals surface area contributed by atoms with Gasteiger partial charge in [0.15, 0.2) is 6.61 Å². The van der Waals surface area contributed by atoms with Crippen molar-refractivity contribution in [2.24, 2.45) is 0 Å². The molecule has 3 rings (SSSR count). The van der Waals surface area contributed by atoms with Gasteiger partial charge in [0.2, 0.25) is 0 Å². The number of benzene rings is 2. The first-order valence-corrected chi connectivity index (χ1v) is 10.5. The molecule has 1 saturated heterocycles. The van der Waals surface area contributed by atoms with Gasteiger partial charge in [-0.05, 0) is 55.8 Å².